The van der Waals surface area contributed by atoms with Crippen LogP contribution in [-0.4, -0.2) is 22.4 Å². The van der Waals surface area contributed by atoms with Crippen molar-refractivity contribution < 1.29 is 13.9 Å². The fraction of sp³-hybridized carbons (Fsp3) is 0.375. The fourth-order valence-electron chi connectivity index (χ4n) is 1.55. The van der Waals surface area contributed by atoms with Crippen LogP contribution in [0.4, 0.5) is 4.39 Å². The van der Waals surface area contributed by atoms with Gasteiger partial charge >= 0.3 is 5.97 Å². The van der Waals surface area contributed by atoms with Crippen molar-refractivity contribution in [1.82, 2.24) is 9.78 Å². The molecule has 0 aliphatic carbocycles. The van der Waals surface area contributed by atoms with E-state index in [1.165, 1.54) is 18.3 Å². The van der Waals surface area contributed by atoms with Crippen molar-refractivity contribution in [2.75, 3.05) is 6.61 Å². The Morgan fingerprint density at radius 2 is 1.90 bits per heavy atom. The number of rotatable bonds is 4. The molecule has 0 bridgehead atoms. The molecule has 0 fully saturated rings. The standard InChI is InChI=1S/C13H13FN2O2.C2H6.CH4/c1-2-18-13(17)11-7-15-16(9-11)8-10-3-5-12(14)6-4-10;1-2;/h3-7,9H,2,8H2,1H3;1-2H3;1H4. The van der Waals surface area contributed by atoms with Crippen LogP contribution < -0.4 is 0 Å². The number of benzene rings is 1. The largest absolute Gasteiger partial charge is 0.462 e. The summed E-state index contributed by atoms with van der Waals surface area (Å²) in [7, 11) is 0. The van der Waals surface area contributed by atoms with E-state index in [2.05, 4.69) is 5.10 Å². The Labute approximate surface area is 125 Å². The average Bonchev–Trinajstić information content (AvgIpc) is 2.93. The predicted octanol–water partition coefficient (Wildman–Crippen LogP) is 3.91. The molecule has 0 saturated carbocycles. The number of hydrogen-bond donors (Lipinski definition) is 0. The Balaban J connectivity index is 0.00000128. The number of carbonyl (C=O) groups excluding carboxylic acids is 1. The molecule has 0 spiro atoms. The van der Waals surface area contributed by atoms with E-state index in [0.717, 1.165) is 5.56 Å². The monoisotopic (exact) mass is 294 g/mol. The molecule has 4 nitrogen and oxygen atoms in total. The molecule has 5 heteroatoms. The zero-order valence-corrected chi connectivity index (χ0v) is 12.0. The first-order valence-corrected chi connectivity index (χ1v) is 6.63. The summed E-state index contributed by atoms with van der Waals surface area (Å²) in [6.45, 7) is 6.57. The molecule has 1 aromatic carbocycles. The highest BCUT2D eigenvalue weighted by Crippen LogP contribution is 2.06. The summed E-state index contributed by atoms with van der Waals surface area (Å²) < 4.78 is 19.2. The predicted molar refractivity (Wildman–Crippen MR) is 81.8 cm³/mol. The highest BCUT2D eigenvalue weighted by Gasteiger charge is 2.09. The number of aromatic nitrogens is 2. The van der Waals surface area contributed by atoms with Crippen LogP contribution in [-0.2, 0) is 11.3 Å². The molecule has 1 aromatic heterocycles. The second-order valence-electron chi connectivity index (χ2n) is 3.77. The lowest BCUT2D eigenvalue weighted by molar-refractivity contribution is 0.0526. The van der Waals surface area contributed by atoms with Crippen LogP contribution in [0.5, 0.6) is 0 Å². The summed E-state index contributed by atoms with van der Waals surface area (Å²) >= 11 is 0. The van der Waals surface area contributed by atoms with Crippen LogP contribution in [0.25, 0.3) is 0 Å². The number of esters is 1. The van der Waals surface area contributed by atoms with Crippen LogP contribution in [0.2, 0.25) is 0 Å². The van der Waals surface area contributed by atoms with Gasteiger partial charge in [0.25, 0.3) is 0 Å². The van der Waals surface area contributed by atoms with Crippen molar-refractivity contribution in [3.63, 3.8) is 0 Å². The van der Waals surface area contributed by atoms with Crippen LogP contribution >= 0.6 is 0 Å². The first kappa shape index (κ1) is 18.8. The van der Waals surface area contributed by atoms with Gasteiger partial charge in [0.1, 0.15) is 5.82 Å². The molecule has 0 aliphatic rings. The van der Waals surface area contributed by atoms with Crippen molar-refractivity contribution in [2.45, 2.75) is 34.7 Å². The van der Waals surface area contributed by atoms with Gasteiger partial charge in [-0.1, -0.05) is 33.4 Å². The second kappa shape index (κ2) is 9.69. The third-order valence-corrected chi connectivity index (χ3v) is 2.40. The molecule has 0 radical (unpaired) electrons. The number of ether oxygens (including phenoxy) is 1. The summed E-state index contributed by atoms with van der Waals surface area (Å²) in [6.07, 6.45) is 3.07. The lowest BCUT2D eigenvalue weighted by atomic mass is 10.2. The zero-order chi connectivity index (χ0) is 15.0. The van der Waals surface area contributed by atoms with Crippen LogP contribution in [0.1, 0.15) is 44.1 Å². The molecule has 21 heavy (non-hydrogen) atoms. The van der Waals surface area contributed by atoms with E-state index >= 15 is 0 Å². The van der Waals surface area contributed by atoms with E-state index in [-0.39, 0.29) is 19.2 Å². The second-order valence-corrected chi connectivity index (χ2v) is 3.77. The molecule has 2 rings (SSSR count). The van der Waals surface area contributed by atoms with Crippen molar-refractivity contribution >= 4 is 5.97 Å². The van der Waals surface area contributed by atoms with Gasteiger partial charge in [0.15, 0.2) is 0 Å². The van der Waals surface area contributed by atoms with E-state index in [0.29, 0.717) is 18.7 Å². The maximum absolute atomic E-state index is 12.7. The van der Waals surface area contributed by atoms with Crippen molar-refractivity contribution in [2.24, 2.45) is 0 Å². The highest BCUT2D eigenvalue weighted by molar-refractivity contribution is 5.88. The lowest BCUT2D eigenvalue weighted by Crippen LogP contribution is -2.04. The smallest absolute Gasteiger partial charge is 0.341 e. The van der Waals surface area contributed by atoms with Crippen molar-refractivity contribution in [3.05, 3.63) is 53.6 Å². The third kappa shape index (κ3) is 5.77. The van der Waals surface area contributed by atoms with Gasteiger partial charge in [-0.2, -0.15) is 5.10 Å². The number of halogens is 1. The maximum Gasteiger partial charge on any atom is 0.341 e. The maximum atomic E-state index is 12.7. The van der Waals surface area contributed by atoms with Gasteiger partial charge in [-0.05, 0) is 24.6 Å². The van der Waals surface area contributed by atoms with E-state index in [9.17, 15) is 9.18 Å². The van der Waals surface area contributed by atoms with E-state index in [1.807, 2.05) is 13.8 Å². The van der Waals surface area contributed by atoms with E-state index in [4.69, 9.17) is 4.74 Å². The number of hydrogen-bond acceptors (Lipinski definition) is 3. The van der Waals surface area contributed by atoms with E-state index < -0.39 is 0 Å². The normalized spacial score (nSPS) is 9.14. The quantitative estimate of drug-likeness (QED) is 0.803. The Morgan fingerprint density at radius 3 is 2.48 bits per heavy atom. The fourth-order valence-corrected chi connectivity index (χ4v) is 1.55. The molecule has 0 unspecified atom stereocenters. The summed E-state index contributed by atoms with van der Waals surface area (Å²) in [5.74, 6) is -0.658. The first-order chi connectivity index (χ1) is 9.69. The van der Waals surface area contributed by atoms with Gasteiger partial charge in [-0.3, -0.25) is 4.68 Å². The summed E-state index contributed by atoms with van der Waals surface area (Å²) in [5, 5.41) is 4.06. The topological polar surface area (TPSA) is 44.1 Å². The molecular formula is C16H23FN2O2. The van der Waals surface area contributed by atoms with E-state index in [1.54, 1.807) is 29.9 Å². The average molecular weight is 294 g/mol. The Hall–Kier alpha value is -2.17. The summed E-state index contributed by atoms with van der Waals surface area (Å²) in [4.78, 5) is 11.4. The lowest BCUT2D eigenvalue weighted by Gasteiger charge is -2.01. The van der Waals surface area contributed by atoms with Gasteiger partial charge in [-0.15, -0.1) is 0 Å². The first-order valence-electron chi connectivity index (χ1n) is 6.63. The van der Waals surface area contributed by atoms with Crippen LogP contribution in [0.3, 0.4) is 0 Å². The van der Waals surface area contributed by atoms with Gasteiger partial charge in [0, 0.05) is 6.20 Å². The molecule has 116 valence electrons. The van der Waals surface area contributed by atoms with Crippen LogP contribution in [0.15, 0.2) is 36.7 Å². The molecule has 0 amide bonds. The Morgan fingerprint density at radius 1 is 1.29 bits per heavy atom. The van der Waals surface area contributed by atoms with Gasteiger partial charge in [0.05, 0.1) is 24.9 Å². The Bertz CT molecular complexity index is 535. The zero-order valence-electron chi connectivity index (χ0n) is 12.0. The number of nitrogens with zero attached hydrogens (tertiary/aromatic N) is 2. The molecule has 0 saturated heterocycles. The minimum absolute atomic E-state index is 0. The Kier molecular flexibility index (Phi) is 8.69. The molecule has 2 aromatic rings. The highest BCUT2D eigenvalue weighted by atomic mass is 19.1. The molecule has 0 aliphatic heterocycles. The van der Waals surface area contributed by atoms with Crippen molar-refractivity contribution in [3.8, 4) is 0 Å². The molecule has 1 heterocycles. The van der Waals surface area contributed by atoms with Gasteiger partial charge in [-0.25, -0.2) is 9.18 Å². The third-order valence-electron chi connectivity index (χ3n) is 2.40. The van der Waals surface area contributed by atoms with Gasteiger partial charge < -0.3 is 4.74 Å². The minimum Gasteiger partial charge on any atom is -0.462 e. The number of carbonyl (C=O) groups is 1. The summed E-state index contributed by atoms with van der Waals surface area (Å²) in [5.41, 5.74) is 1.33. The molecular weight excluding hydrogens is 271 g/mol. The van der Waals surface area contributed by atoms with Crippen molar-refractivity contribution in [1.29, 1.82) is 0 Å². The summed E-state index contributed by atoms with van der Waals surface area (Å²) in [6, 6.07) is 6.15. The van der Waals surface area contributed by atoms with Gasteiger partial charge in [0.2, 0.25) is 0 Å². The molecule has 0 atom stereocenters. The SMILES string of the molecule is C.CC.CCOC(=O)c1cnn(Cc2ccc(F)cc2)c1. The minimum atomic E-state index is -0.386. The van der Waals surface area contributed by atoms with Crippen LogP contribution in [0, 0.1) is 5.82 Å². The molecule has 0 N–H and O–H groups in total.